The molecule has 2 N–H and O–H groups in total. The van der Waals surface area contributed by atoms with Crippen molar-refractivity contribution >= 4 is 29.1 Å². The van der Waals surface area contributed by atoms with Crippen LogP contribution in [0.1, 0.15) is 22.8 Å². The van der Waals surface area contributed by atoms with Gasteiger partial charge in [-0.2, -0.15) is 0 Å². The van der Waals surface area contributed by atoms with Gasteiger partial charge in [-0.25, -0.2) is 5.01 Å². The van der Waals surface area contributed by atoms with Crippen LogP contribution in [0.3, 0.4) is 0 Å². The van der Waals surface area contributed by atoms with Crippen molar-refractivity contribution in [1.82, 2.24) is 10.4 Å². The Morgan fingerprint density at radius 1 is 1.32 bits per heavy atom. The highest BCUT2D eigenvalue weighted by Crippen LogP contribution is 2.27. The SMILES string of the molecule is Cc1ccccc1OCC(=O)NN1C(=O)c2cc(Cl)ccc2NC1C. The highest BCUT2D eigenvalue weighted by Gasteiger charge is 2.31. The van der Waals surface area contributed by atoms with E-state index in [1.165, 1.54) is 5.01 Å². The zero-order valence-electron chi connectivity index (χ0n) is 13.9. The molecule has 1 heterocycles. The molecule has 25 heavy (non-hydrogen) atoms. The van der Waals surface area contributed by atoms with Crippen LogP contribution in [0, 0.1) is 6.92 Å². The molecule has 2 aromatic carbocycles. The number of carbonyl (C=O) groups is 2. The van der Waals surface area contributed by atoms with Gasteiger partial charge in [-0.3, -0.25) is 15.0 Å². The first-order valence-corrected chi connectivity index (χ1v) is 8.21. The number of benzene rings is 2. The number of halogens is 1. The number of hydrogen-bond donors (Lipinski definition) is 2. The predicted molar refractivity (Wildman–Crippen MR) is 95.5 cm³/mol. The molecule has 2 amide bonds. The topological polar surface area (TPSA) is 70.7 Å². The quantitative estimate of drug-likeness (QED) is 0.880. The van der Waals surface area contributed by atoms with Gasteiger partial charge in [0.2, 0.25) is 0 Å². The molecule has 0 aliphatic carbocycles. The van der Waals surface area contributed by atoms with Crippen LogP contribution in [0.25, 0.3) is 0 Å². The molecule has 130 valence electrons. The summed E-state index contributed by atoms with van der Waals surface area (Å²) in [4.78, 5) is 24.8. The van der Waals surface area contributed by atoms with Crippen molar-refractivity contribution in [1.29, 1.82) is 0 Å². The Hall–Kier alpha value is -2.73. The average Bonchev–Trinajstić information content (AvgIpc) is 2.59. The van der Waals surface area contributed by atoms with Gasteiger partial charge in [0.15, 0.2) is 6.61 Å². The lowest BCUT2D eigenvalue weighted by Gasteiger charge is -2.35. The van der Waals surface area contributed by atoms with E-state index in [9.17, 15) is 9.59 Å². The maximum atomic E-state index is 12.6. The lowest BCUT2D eigenvalue weighted by molar-refractivity contribution is -0.127. The van der Waals surface area contributed by atoms with E-state index in [1.807, 2.05) is 25.1 Å². The standard InChI is InChI=1S/C18H18ClN3O3/c1-11-5-3-4-6-16(11)25-10-17(23)21-22-12(2)20-15-8-7-13(19)9-14(15)18(22)24/h3-9,12,20H,10H2,1-2H3,(H,21,23). The highest BCUT2D eigenvalue weighted by molar-refractivity contribution is 6.31. The van der Waals surface area contributed by atoms with Gasteiger partial charge in [-0.05, 0) is 43.7 Å². The Morgan fingerprint density at radius 2 is 2.08 bits per heavy atom. The second kappa shape index (κ2) is 7.03. The van der Waals surface area contributed by atoms with E-state index < -0.39 is 12.1 Å². The van der Waals surface area contributed by atoms with Crippen molar-refractivity contribution in [3.63, 3.8) is 0 Å². The van der Waals surface area contributed by atoms with Crippen LogP contribution in [-0.4, -0.2) is 29.6 Å². The summed E-state index contributed by atoms with van der Waals surface area (Å²) in [7, 11) is 0. The largest absolute Gasteiger partial charge is 0.483 e. The van der Waals surface area contributed by atoms with Gasteiger partial charge in [0.25, 0.3) is 11.8 Å². The summed E-state index contributed by atoms with van der Waals surface area (Å²) in [6, 6.07) is 12.4. The maximum absolute atomic E-state index is 12.6. The van der Waals surface area contributed by atoms with Crippen LogP contribution in [-0.2, 0) is 4.79 Å². The minimum Gasteiger partial charge on any atom is -0.483 e. The number of hydrogen-bond acceptors (Lipinski definition) is 4. The molecule has 2 aromatic rings. The minimum atomic E-state index is -0.421. The molecular formula is C18H18ClN3O3. The molecule has 0 bridgehead atoms. The summed E-state index contributed by atoms with van der Waals surface area (Å²) in [6.45, 7) is 3.48. The zero-order chi connectivity index (χ0) is 18.0. The molecule has 3 rings (SSSR count). The number of para-hydroxylation sites is 1. The van der Waals surface area contributed by atoms with E-state index in [4.69, 9.17) is 16.3 Å². The third-order valence-electron chi connectivity index (χ3n) is 3.88. The Morgan fingerprint density at radius 3 is 2.84 bits per heavy atom. The Labute approximate surface area is 150 Å². The molecule has 0 radical (unpaired) electrons. The summed E-state index contributed by atoms with van der Waals surface area (Å²) in [5, 5.41) is 4.84. The lowest BCUT2D eigenvalue weighted by atomic mass is 10.1. The van der Waals surface area contributed by atoms with E-state index in [1.54, 1.807) is 31.2 Å². The van der Waals surface area contributed by atoms with E-state index in [2.05, 4.69) is 10.7 Å². The molecule has 0 aromatic heterocycles. The number of anilines is 1. The van der Waals surface area contributed by atoms with Gasteiger partial charge in [-0.1, -0.05) is 29.8 Å². The molecule has 1 atom stereocenters. The first-order valence-electron chi connectivity index (χ1n) is 7.83. The molecule has 1 unspecified atom stereocenters. The number of carbonyl (C=O) groups excluding carboxylic acids is 2. The number of fused-ring (bicyclic) bond motifs is 1. The Bertz CT molecular complexity index is 825. The van der Waals surface area contributed by atoms with Crippen molar-refractivity contribution in [2.75, 3.05) is 11.9 Å². The zero-order valence-corrected chi connectivity index (χ0v) is 14.6. The first-order chi connectivity index (χ1) is 12.0. The van der Waals surface area contributed by atoms with Gasteiger partial charge in [0.1, 0.15) is 11.9 Å². The number of nitrogens with one attached hydrogen (secondary N) is 2. The predicted octanol–water partition coefficient (Wildman–Crippen LogP) is 2.97. The third kappa shape index (κ3) is 3.69. The average molecular weight is 360 g/mol. The molecule has 0 fully saturated rings. The van der Waals surface area contributed by atoms with Gasteiger partial charge >= 0.3 is 0 Å². The summed E-state index contributed by atoms with van der Waals surface area (Å²) < 4.78 is 5.51. The lowest BCUT2D eigenvalue weighted by Crippen LogP contribution is -2.57. The number of nitrogens with zero attached hydrogens (tertiary/aromatic N) is 1. The van der Waals surface area contributed by atoms with E-state index in [0.29, 0.717) is 22.0 Å². The van der Waals surface area contributed by atoms with Crippen LogP contribution < -0.4 is 15.5 Å². The molecule has 1 aliphatic heterocycles. The van der Waals surface area contributed by atoms with E-state index in [-0.39, 0.29) is 12.5 Å². The highest BCUT2D eigenvalue weighted by atomic mass is 35.5. The van der Waals surface area contributed by atoms with Crippen LogP contribution in [0.4, 0.5) is 5.69 Å². The molecule has 1 aliphatic rings. The Kier molecular flexibility index (Phi) is 4.81. The molecule has 0 saturated heterocycles. The van der Waals surface area contributed by atoms with Gasteiger partial charge in [0, 0.05) is 10.7 Å². The number of ether oxygens (including phenoxy) is 1. The fourth-order valence-corrected chi connectivity index (χ4v) is 2.76. The monoisotopic (exact) mass is 359 g/mol. The first kappa shape index (κ1) is 17.1. The van der Waals surface area contributed by atoms with Crippen LogP contribution in [0.2, 0.25) is 5.02 Å². The van der Waals surface area contributed by atoms with E-state index in [0.717, 1.165) is 5.56 Å². The van der Waals surface area contributed by atoms with Crippen LogP contribution in [0.15, 0.2) is 42.5 Å². The fourth-order valence-electron chi connectivity index (χ4n) is 2.59. The smallest absolute Gasteiger partial charge is 0.276 e. The fraction of sp³-hybridized carbons (Fsp3) is 0.222. The van der Waals surface area contributed by atoms with Crippen molar-refractivity contribution in [3.05, 3.63) is 58.6 Å². The van der Waals surface area contributed by atoms with Crippen LogP contribution in [0.5, 0.6) is 5.75 Å². The van der Waals surface area contributed by atoms with Crippen molar-refractivity contribution in [2.24, 2.45) is 0 Å². The van der Waals surface area contributed by atoms with Crippen molar-refractivity contribution in [2.45, 2.75) is 20.0 Å². The molecule has 0 spiro atoms. The van der Waals surface area contributed by atoms with Gasteiger partial charge < -0.3 is 10.1 Å². The summed E-state index contributed by atoms with van der Waals surface area (Å²) in [5.41, 5.74) is 4.61. The second-order valence-corrected chi connectivity index (χ2v) is 6.21. The third-order valence-corrected chi connectivity index (χ3v) is 4.12. The van der Waals surface area contributed by atoms with Gasteiger partial charge in [0.05, 0.1) is 5.56 Å². The van der Waals surface area contributed by atoms with Gasteiger partial charge in [-0.15, -0.1) is 0 Å². The minimum absolute atomic E-state index is 0.191. The van der Waals surface area contributed by atoms with Crippen molar-refractivity contribution < 1.29 is 14.3 Å². The summed E-state index contributed by atoms with van der Waals surface area (Å²) in [6.07, 6.45) is -0.399. The summed E-state index contributed by atoms with van der Waals surface area (Å²) in [5.74, 6) is -0.116. The number of amides is 2. The number of aryl methyl sites for hydroxylation is 1. The summed E-state index contributed by atoms with van der Waals surface area (Å²) >= 11 is 5.96. The van der Waals surface area contributed by atoms with E-state index >= 15 is 0 Å². The number of rotatable bonds is 4. The Balaban J connectivity index is 1.67. The molecule has 7 heteroatoms. The van der Waals surface area contributed by atoms with Crippen LogP contribution >= 0.6 is 11.6 Å². The number of hydrazine groups is 1. The molecular weight excluding hydrogens is 342 g/mol. The molecule has 6 nitrogen and oxygen atoms in total. The normalized spacial score (nSPS) is 16.0. The molecule has 0 saturated carbocycles. The maximum Gasteiger partial charge on any atom is 0.276 e. The van der Waals surface area contributed by atoms with Crippen molar-refractivity contribution in [3.8, 4) is 5.75 Å². The second-order valence-electron chi connectivity index (χ2n) is 5.77.